The van der Waals surface area contributed by atoms with Crippen LogP contribution >= 0.6 is 0 Å². The minimum Gasteiger partial charge on any atom is -0.473 e. The predicted octanol–water partition coefficient (Wildman–Crippen LogP) is 3.82. The zero-order chi connectivity index (χ0) is 22.2. The lowest BCUT2D eigenvalue weighted by atomic mass is 10.3. The second kappa shape index (κ2) is 10.2. The molecule has 0 aliphatic rings. The molecule has 0 saturated heterocycles. The molecule has 0 atom stereocenters. The highest BCUT2D eigenvalue weighted by atomic mass is 16.5. The Hall–Kier alpha value is -4.23. The van der Waals surface area contributed by atoms with E-state index in [2.05, 4.69) is 5.32 Å². The normalized spacial score (nSPS) is 10.9. The minimum absolute atomic E-state index is 0.163. The Labute approximate surface area is 185 Å². The number of hydrogen-bond acceptors (Lipinski definition) is 5. The molecule has 0 aliphatic heterocycles. The standard InChI is InChI=1S/C25H24N4O3/c26-15-4-16-27-19-31-22-11-7-20(8-12-22)28-17-18-29(25(28)30)21-9-13-24(14-10-21)32-23-5-2-1-3-6-23/h1-14,16-18,27H,15,19,26H2/b16-4-. The van der Waals surface area contributed by atoms with Crippen LogP contribution in [-0.2, 0) is 0 Å². The summed E-state index contributed by atoms with van der Waals surface area (Å²) in [7, 11) is 0. The average Bonchev–Trinajstić information content (AvgIpc) is 3.22. The van der Waals surface area contributed by atoms with Crippen LogP contribution in [0, 0.1) is 0 Å². The fourth-order valence-electron chi connectivity index (χ4n) is 3.10. The Bertz CT molecular complexity index is 1210. The van der Waals surface area contributed by atoms with Gasteiger partial charge in [-0.05, 0) is 66.9 Å². The quantitative estimate of drug-likeness (QED) is 0.313. The first kappa shape index (κ1) is 21.0. The van der Waals surface area contributed by atoms with Crippen LogP contribution in [0.5, 0.6) is 17.2 Å². The van der Waals surface area contributed by atoms with E-state index in [0.717, 1.165) is 17.1 Å². The Kier molecular flexibility index (Phi) is 6.69. The number of para-hydroxylation sites is 1. The summed E-state index contributed by atoms with van der Waals surface area (Å²) in [4.78, 5) is 12.9. The van der Waals surface area contributed by atoms with Gasteiger partial charge in [0.05, 0.1) is 11.4 Å². The van der Waals surface area contributed by atoms with Gasteiger partial charge in [0.1, 0.15) is 17.2 Å². The number of nitrogens with zero attached hydrogens (tertiary/aromatic N) is 2. The molecule has 0 amide bonds. The van der Waals surface area contributed by atoms with E-state index >= 15 is 0 Å². The summed E-state index contributed by atoms with van der Waals surface area (Å²) in [5.74, 6) is 2.17. The second-order valence-electron chi connectivity index (χ2n) is 6.85. The maximum atomic E-state index is 12.9. The first-order valence-corrected chi connectivity index (χ1v) is 10.2. The van der Waals surface area contributed by atoms with Crippen LogP contribution in [0.1, 0.15) is 0 Å². The molecular formula is C25H24N4O3. The van der Waals surface area contributed by atoms with Crippen molar-refractivity contribution in [3.63, 3.8) is 0 Å². The number of benzene rings is 3. The molecule has 0 radical (unpaired) electrons. The smallest absolute Gasteiger partial charge is 0.337 e. The van der Waals surface area contributed by atoms with Gasteiger partial charge in [-0.25, -0.2) is 4.79 Å². The van der Waals surface area contributed by atoms with Crippen LogP contribution in [-0.4, -0.2) is 22.4 Å². The maximum absolute atomic E-state index is 12.9. The van der Waals surface area contributed by atoms with Crippen LogP contribution in [0.4, 0.5) is 0 Å². The van der Waals surface area contributed by atoms with Gasteiger partial charge in [-0.2, -0.15) is 0 Å². The van der Waals surface area contributed by atoms with Crippen molar-refractivity contribution in [3.05, 3.63) is 114 Å². The van der Waals surface area contributed by atoms with Crippen molar-refractivity contribution in [2.45, 2.75) is 0 Å². The molecule has 4 rings (SSSR count). The van der Waals surface area contributed by atoms with Crippen LogP contribution < -0.4 is 26.2 Å². The van der Waals surface area contributed by atoms with Gasteiger partial charge in [0.15, 0.2) is 6.73 Å². The summed E-state index contributed by atoms with van der Waals surface area (Å²) >= 11 is 0. The van der Waals surface area contributed by atoms with Crippen LogP contribution in [0.3, 0.4) is 0 Å². The van der Waals surface area contributed by atoms with Crippen molar-refractivity contribution >= 4 is 0 Å². The zero-order valence-electron chi connectivity index (χ0n) is 17.4. The van der Waals surface area contributed by atoms with E-state index in [1.54, 1.807) is 33.8 Å². The molecule has 1 aromatic heterocycles. The molecule has 32 heavy (non-hydrogen) atoms. The van der Waals surface area contributed by atoms with E-state index < -0.39 is 0 Å². The SMILES string of the molecule is NC/C=C\NCOc1ccc(-n2ccn(-c3ccc(Oc4ccccc4)cc3)c2=O)cc1. The highest BCUT2D eigenvalue weighted by Crippen LogP contribution is 2.22. The summed E-state index contributed by atoms with van der Waals surface area (Å²) in [5.41, 5.74) is 6.72. The van der Waals surface area contributed by atoms with Gasteiger partial charge < -0.3 is 20.5 Å². The van der Waals surface area contributed by atoms with E-state index in [1.165, 1.54) is 0 Å². The lowest BCUT2D eigenvalue weighted by molar-refractivity contribution is 0.302. The third-order valence-electron chi connectivity index (χ3n) is 4.68. The lowest BCUT2D eigenvalue weighted by Crippen LogP contribution is -2.21. The monoisotopic (exact) mass is 428 g/mol. The van der Waals surface area contributed by atoms with Gasteiger partial charge in [0, 0.05) is 18.9 Å². The van der Waals surface area contributed by atoms with E-state index in [9.17, 15) is 4.79 Å². The number of ether oxygens (including phenoxy) is 2. The fraction of sp³-hybridized carbons (Fsp3) is 0.0800. The Balaban J connectivity index is 1.44. The summed E-state index contributed by atoms with van der Waals surface area (Å²) in [5, 5.41) is 2.98. The highest BCUT2D eigenvalue weighted by molar-refractivity contribution is 5.41. The topological polar surface area (TPSA) is 83.4 Å². The number of imidazole rings is 1. The summed E-state index contributed by atoms with van der Waals surface area (Å²) in [6.45, 7) is 0.803. The number of nitrogens with one attached hydrogen (secondary N) is 1. The third kappa shape index (κ3) is 5.08. The molecule has 162 valence electrons. The number of hydrogen-bond donors (Lipinski definition) is 2. The molecule has 7 nitrogen and oxygen atoms in total. The molecule has 0 spiro atoms. The van der Waals surface area contributed by atoms with Crippen molar-refractivity contribution in [1.29, 1.82) is 0 Å². The summed E-state index contributed by atoms with van der Waals surface area (Å²) < 4.78 is 14.6. The zero-order valence-corrected chi connectivity index (χ0v) is 17.4. The van der Waals surface area contributed by atoms with Gasteiger partial charge in [0.2, 0.25) is 0 Å². The number of aromatic nitrogens is 2. The molecule has 4 aromatic rings. The first-order chi connectivity index (χ1) is 15.7. The molecule has 0 unspecified atom stereocenters. The van der Waals surface area contributed by atoms with Gasteiger partial charge in [-0.3, -0.25) is 9.13 Å². The largest absolute Gasteiger partial charge is 0.473 e. The Morgan fingerprint density at radius 1 is 0.781 bits per heavy atom. The van der Waals surface area contributed by atoms with E-state index in [1.807, 2.05) is 78.9 Å². The van der Waals surface area contributed by atoms with Crippen molar-refractivity contribution in [2.24, 2.45) is 5.73 Å². The first-order valence-electron chi connectivity index (χ1n) is 10.2. The van der Waals surface area contributed by atoms with E-state index in [0.29, 0.717) is 24.8 Å². The third-order valence-corrected chi connectivity index (χ3v) is 4.68. The average molecular weight is 428 g/mol. The predicted molar refractivity (Wildman–Crippen MR) is 125 cm³/mol. The molecule has 3 aromatic carbocycles. The summed E-state index contributed by atoms with van der Waals surface area (Å²) in [6, 6.07) is 24.3. The number of nitrogens with two attached hydrogens (primary N) is 1. The second-order valence-corrected chi connectivity index (χ2v) is 6.85. The number of rotatable bonds is 9. The molecule has 7 heteroatoms. The van der Waals surface area contributed by atoms with Gasteiger partial charge >= 0.3 is 5.69 Å². The molecule has 1 heterocycles. The van der Waals surface area contributed by atoms with Gasteiger partial charge in [-0.1, -0.05) is 24.3 Å². The Morgan fingerprint density at radius 3 is 1.94 bits per heavy atom. The fourth-order valence-corrected chi connectivity index (χ4v) is 3.10. The maximum Gasteiger partial charge on any atom is 0.337 e. The van der Waals surface area contributed by atoms with Crippen molar-refractivity contribution < 1.29 is 9.47 Å². The van der Waals surface area contributed by atoms with Crippen LogP contribution in [0.2, 0.25) is 0 Å². The van der Waals surface area contributed by atoms with Gasteiger partial charge in [0.25, 0.3) is 0 Å². The van der Waals surface area contributed by atoms with Gasteiger partial charge in [-0.15, -0.1) is 0 Å². The Morgan fingerprint density at radius 2 is 1.34 bits per heavy atom. The van der Waals surface area contributed by atoms with Crippen LogP contribution in [0.15, 0.2) is 108 Å². The highest BCUT2D eigenvalue weighted by Gasteiger charge is 2.08. The van der Waals surface area contributed by atoms with E-state index in [4.69, 9.17) is 15.2 Å². The molecular weight excluding hydrogens is 404 g/mol. The molecule has 0 aliphatic carbocycles. The molecule has 3 N–H and O–H groups in total. The molecule has 0 fully saturated rings. The van der Waals surface area contributed by atoms with Crippen molar-refractivity contribution in [3.8, 4) is 28.6 Å². The molecule has 0 saturated carbocycles. The summed E-state index contributed by atoms with van der Waals surface area (Å²) in [6.07, 6.45) is 7.03. The molecule has 0 bridgehead atoms. The van der Waals surface area contributed by atoms with E-state index in [-0.39, 0.29) is 5.69 Å². The van der Waals surface area contributed by atoms with Crippen molar-refractivity contribution in [2.75, 3.05) is 13.3 Å². The van der Waals surface area contributed by atoms with Crippen LogP contribution in [0.25, 0.3) is 11.4 Å². The lowest BCUT2D eigenvalue weighted by Gasteiger charge is -2.08. The minimum atomic E-state index is -0.163. The van der Waals surface area contributed by atoms with Crippen molar-refractivity contribution in [1.82, 2.24) is 14.5 Å².